The minimum atomic E-state index is -0.515. The first kappa shape index (κ1) is 23.1. The number of carbonyl (C=O) groups excluding carboxylic acids is 2. The van der Waals surface area contributed by atoms with E-state index < -0.39 is 16.9 Å². The maximum absolute atomic E-state index is 12.2. The van der Waals surface area contributed by atoms with Crippen molar-refractivity contribution in [2.45, 2.75) is 6.42 Å². The third kappa shape index (κ3) is 7.24. The minimum Gasteiger partial charge on any atom is -0.493 e. The molecule has 0 aromatic heterocycles. The number of ether oxygens (including phenoxy) is 2. The lowest BCUT2D eigenvalue weighted by atomic mass is 10.2. The molecule has 0 aliphatic heterocycles. The van der Waals surface area contributed by atoms with E-state index in [4.69, 9.17) is 15.2 Å². The maximum atomic E-state index is 12.2. The van der Waals surface area contributed by atoms with E-state index >= 15 is 0 Å². The number of hydrogen-bond donors (Lipinski definition) is 3. The average Bonchev–Trinajstić information content (AvgIpc) is 2.79. The zero-order valence-corrected chi connectivity index (χ0v) is 17.5. The number of anilines is 2. The van der Waals surface area contributed by atoms with Crippen LogP contribution in [0.2, 0.25) is 0 Å². The molecule has 0 spiro atoms. The van der Waals surface area contributed by atoms with Crippen LogP contribution in [0.4, 0.5) is 21.9 Å². The van der Waals surface area contributed by atoms with Gasteiger partial charge in [-0.25, -0.2) is 4.79 Å². The van der Waals surface area contributed by atoms with E-state index in [1.54, 1.807) is 48.5 Å². The quantitative estimate of drug-likeness (QED) is 0.240. The molecule has 10 heteroatoms. The third-order valence-electron chi connectivity index (χ3n) is 4.37. The molecule has 0 saturated heterocycles. The number of urea groups is 1. The van der Waals surface area contributed by atoms with E-state index in [9.17, 15) is 19.7 Å². The lowest BCUT2D eigenvalue weighted by Gasteiger charge is -2.11. The van der Waals surface area contributed by atoms with Crippen molar-refractivity contribution >= 4 is 29.0 Å². The van der Waals surface area contributed by atoms with Crippen LogP contribution in [0, 0.1) is 10.1 Å². The van der Waals surface area contributed by atoms with Crippen LogP contribution in [0.15, 0.2) is 72.8 Å². The molecule has 4 N–H and O–H groups in total. The summed E-state index contributed by atoms with van der Waals surface area (Å²) in [7, 11) is 0. The lowest BCUT2D eigenvalue weighted by Crippen LogP contribution is -2.19. The number of nitro groups is 1. The second-order valence-electron chi connectivity index (χ2n) is 6.85. The summed E-state index contributed by atoms with van der Waals surface area (Å²) in [6.07, 6.45) is 0.596. The van der Waals surface area contributed by atoms with E-state index in [1.165, 1.54) is 24.3 Å². The van der Waals surface area contributed by atoms with Crippen LogP contribution in [0.25, 0.3) is 0 Å². The van der Waals surface area contributed by atoms with Crippen molar-refractivity contribution in [3.63, 3.8) is 0 Å². The second-order valence-corrected chi connectivity index (χ2v) is 6.85. The van der Waals surface area contributed by atoms with Gasteiger partial charge in [-0.15, -0.1) is 0 Å². The Morgan fingerprint density at radius 2 is 1.45 bits per heavy atom. The molecule has 0 radical (unpaired) electrons. The molecule has 0 unspecified atom stereocenters. The van der Waals surface area contributed by atoms with E-state index in [-0.39, 0.29) is 5.69 Å². The fraction of sp³-hybridized carbons (Fsp3) is 0.130. The van der Waals surface area contributed by atoms with Crippen molar-refractivity contribution in [3.8, 4) is 11.5 Å². The Hall–Kier alpha value is -4.60. The first-order valence-electron chi connectivity index (χ1n) is 9.99. The number of non-ortho nitro benzene ring substituents is 1. The molecule has 170 valence electrons. The number of rotatable bonds is 10. The number of nitrogens with two attached hydrogens (primary N) is 1. The van der Waals surface area contributed by atoms with Gasteiger partial charge in [0.1, 0.15) is 11.5 Å². The van der Waals surface area contributed by atoms with Crippen molar-refractivity contribution in [2.24, 2.45) is 5.73 Å². The molecule has 0 bridgehead atoms. The first-order chi connectivity index (χ1) is 15.9. The highest BCUT2D eigenvalue weighted by atomic mass is 16.6. The summed E-state index contributed by atoms with van der Waals surface area (Å²) in [6, 6.07) is 18.5. The van der Waals surface area contributed by atoms with Gasteiger partial charge in [0.2, 0.25) is 5.91 Å². The summed E-state index contributed by atoms with van der Waals surface area (Å²) in [4.78, 5) is 33.5. The van der Waals surface area contributed by atoms with Crippen molar-refractivity contribution in [1.29, 1.82) is 0 Å². The van der Waals surface area contributed by atoms with Crippen LogP contribution in [-0.4, -0.2) is 30.1 Å². The molecular formula is C23H22N4O6. The normalized spacial score (nSPS) is 10.2. The van der Waals surface area contributed by atoms with Gasteiger partial charge < -0.3 is 25.8 Å². The third-order valence-corrected chi connectivity index (χ3v) is 4.37. The SMILES string of the molecule is NC(=O)c1cccc(OCCCOc2cccc(NC(=O)Nc3ccc([N+](=O)[O-])cc3)c2)c1. The molecule has 0 aliphatic rings. The topological polar surface area (TPSA) is 146 Å². The monoisotopic (exact) mass is 450 g/mol. The largest absolute Gasteiger partial charge is 0.493 e. The molecule has 0 heterocycles. The van der Waals surface area contributed by atoms with Gasteiger partial charge in [0.25, 0.3) is 5.69 Å². The highest BCUT2D eigenvalue weighted by molar-refractivity contribution is 5.99. The summed E-state index contributed by atoms with van der Waals surface area (Å²) in [5.74, 6) is 0.606. The lowest BCUT2D eigenvalue weighted by molar-refractivity contribution is -0.384. The summed E-state index contributed by atoms with van der Waals surface area (Å²) in [5, 5.41) is 16.0. The van der Waals surface area contributed by atoms with Crippen molar-refractivity contribution < 1.29 is 24.0 Å². The molecule has 33 heavy (non-hydrogen) atoms. The Morgan fingerprint density at radius 1 is 0.848 bits per heavy atom. The van der Waals surface area contributed by atoms with Crippen molar-refractivity contribution in [1.82, 2.24) is 0 Å². The number of hydrogen-bond acceptors (Lipinski definition) is 6. The molecule has 3 aromatic carbocycles. The van der Waals surface area contributed by atoms with Crippen LogP contribution >= 0.6 is 0 Å². The van der Waals surface area contributed by atoms with Crippen molar-refractivity contribution in [2.75, 3.05) is 23.8 Å². The Kier molecular flexibility index (Phi) is 7.79. The van der Waals surface area contributed by atoms with E-state index in [0.29, 0.717) is 48.1 Å². The average molecular weight is 450 g/mol. The molecule has 0 aliphatic carbocycles. The van der Waals surface area contributed by atoms with Gasteiger partial charge in [0.05, 0.1) is 18.1 Å². The van der Waals surface area contributed by atoms with E-state index in [0.717, 1.165) is 0 Å². The number of nitrogens with one attached hydrogen (secondary N) is 2. The summed E-state index contributed by atoms with van der Waals surface area (Å²) in [6.45, 7) is 0.770. The van der Waals surface area contributed by atoms with Crippen molar-refractivity contribution in [3.05, 3.63) is 88.5 Å². The molecular weight excluding hydrogens is 428 g/mol. The predicted molar refractivity (Wildman–Crippen MR) is 123 cm³/mol. The summed E-state index contributed by atoms with van der Waals surface area (Å²) in [5.41, 5.74) is 6.52. The Morgan fingerprint density at radius 3 is 2.09 bits per heavy atom. The zero-order chi connectivity index (χ0) is 23.6. The van der Waals surface area contributed by atoms with Gasteiger partial charge in [0, 0.05) is 41.6 Å². The van der Waals surface area contributed by atoms with Gasteiger partial charge in [-0.1, -0.05) is 12.1 Å². The molecule has 3 rings (SSSR count). The van der Waals surface area contributed by atoms with Gasteiger partial charge in [-0.05, 0) is 42.5 Å². The van der Waals surface area contributed by atoms with Gasteiger partial charge in [-0.3, -0.25) is 14.9 Å². The van der Waals surface area contributed by atoms with E-state index in [1.807, 2.05) is 0 Å². The van der Waals surface area contributed by atoms with Gasteiger partial charge >= 0.3 is 6.03 Å². The van der Waals surface area contributed by atoms with Crippen LogP contribution in [0.3, 0.4) is 0 Å². The van der Waals surface area contributed by atoms with Crippen LogP contribution in [-0.2, 0) is 0 Å². The number of nitrogens with zero attached hydrogens (tertiary/aromatic N) is 1. The smallest absolute Gasteiger partial charge is 0.323 e. The highest BCUT2D eigenvalue weighted by Crippen LogP contribution is 2.19. The van der Waals surface area contributed by atoms with Gasteiger partial charge in [0.15, 0.2) is 0 Å². The molecule has 10 nitrogen and oxygen atoms in total. The number of nitro benzene ring substituents is 1. The predicted octanol–water partition coefficient (Wildman–Crippen LogP) is 4.19. The molecule has 0 fully saturated rings. The number of benzene rings is 3. The number of primary amides is 1. The number of amides is 3. The molecule has 0 saturated carbocycles. The molecule has 0 atom stereocenters. The van der Waals surface area contributed by atoms with Crippen LogP contribution < -0.4 is 25.8 Å². The summed E-state index contributed by atoms with van der Waals surface area (Å²) >= 11 is 0. The molecule has 3 amide bonds. The summed E-state index contributed by atoms with van der Waals surface area (Å²) < 4.78 is 11.3. The maximum Gasteiger partial charge on any atom is 0.323 e. The van der Waals surface area contributed by atoms with Crippen LogP contribution in [0.1, 0.15) is 16.8 Å². The molecule has 3 aromatic rings. The fourth-order valence-electron chi connectivity index (χ4n) is 2.80. The zero-order valence-electron chi connectivity index (χ0n) is 17.5. The highest BCUT2D eigenvalue weighted by Gasteiger charge is 2.07. The Labute approximate surface area is 189 Å². The second kappa shape index (κ2) is 11.1. The van der Waals surface area contributed by atoms with Crippen LogP contribution in [0.5, 0.6) is 11.5 Å². The fourth-order valence-corrected chi connectivity index (χ4v) is 2.80. The van der Waals surface area contributed by atoms with E-state index in [2.05, 4.69) is 10.6 Å². The standard InChI is InChI=1S/C23H22N4O6/c24-22(28)16-4-1-6-20(14-16)32-12-3-13-33-21-7-2-5-18(15-21)26-23(29)25-17-8-10-19(11-9-17)27(30)31/h1-2,4-11,14-15H,3,12-13H2,(H2,24,28)(H2,25,26,29). The number of carbonyl (C=O) groups is 2. The minimum absolute atomic E-state index is 0.0598. The Balaban J connectivity index is 1.42. The Bertz CT molecular complexity index is 1130. The van der Waals surface area contributed by atoms with Gasteiger partial charge in [-0.2, -0.15) is 0 Å². The first-order valence-corrected chi connectivity index (χ1v) is 9.99.